The van der Waals surface area contributed by atoms with Gasteiger partial charge in [0.1, 0.15) is 5.60 Å². The fourth-order valence-corrected chi connectivity index (χ4v) is 2.64. The van der Waals surface area contributed by atoms with E-state index in [1.54, 1.807) is 0 Å². The molecule has 4 heteroatoms. The Kier molecular flexibility index (Phi) is 4.39. The van der Waals surface area contributed by atoms with Gasteiger partial charge in [0.15, 0.2) is 0 Å². The molecule has 0 N–H and O–H groups in total. The summed E-state index contributed by atoms with van der Waals surface area (Å²) in [5.74, 6) is 0.919. The van der Waals surface area contributed by atoms with Crippen molar-refractivity contribution in [2.45, 2.75) is 58.6 Å². The third-order valence-corrected chi connectivity index (χ3v) is 3.92. The Morgan fingerprint density at radius 3 is 2.47 bits per heavy atom. The van der Waals surface area contributed by atoms with Gasteiger partial charge in [0.2, 0.25) is 0 Å². The van der Waals surface area contributed by atoms with Gasteiger partial charge in [-0.05, 0) is 46.0 Å². The number of carbonyl (C=O) groups excluding carboxylic acids is 1. The molecular weight excluding hydrogens is 240 g/mol. The molecule has 0 aromatic rings. The van der Waals surface area contributed by atoms with Crippen molar-refractivity contribution in [3.8, 4) is 0 Å². The van der Waals surface area contributed by atoms with Crippen molar-refractivity contribution in [3.63, 3.8) is 0 Å². The average Bonchev–Trinajstić information content (AvgIpc) is 3.11. The highest BCUT2D eigenvalue weighted by atomic mass is 16.6. The summed E-state index contributed by atoms with van der Waals surface area (Å²) in [5.41, 5.74) is -0.399. The molecule has 0 bridgehead atoms. The molecule has 1 aliphatic carbocycles. The SMILES string of the molecule is CCC1CN(C(=O)OC(C)(C)C)CCN1CC1CC1. The van der Waals surface area contributed by atoms with Gasteiger partial charge < -0.3 is 9.64 Å². The molecule has 1 saturated heterocycles. The van der Waals surface area contributed by atoms with E-state index in [2.05, 4.69) is 11.8 Å². The van der Waals surface area contributed by atoms with E-state index in [9.17, 15) is 4.79 Å². The molecule has 0 aromatic heterocycles. The zero-order valence-corrected chi connectivity index (χ0v) is 12.8. The lowest BCUT2D eigenvalue weighted by molar-refractivity contribution is 0.00263. The van der Waals surface area contributed by atoms with Gasteiger partial charge in [-0.25, -0.2) is 4.79 Å². The van der Waals surface area contributed by atoms with Crippen LogP contribution in [0.25, 0.3) is 0 Å². The Morgan fingerprint density at radius 2 is 1.95 bits per heavy atom. The molecule has 4 nitrogen and oxygen atoms in total. The lowest BCUT2D eigenvalue weighted by Crippen LogP contribution is -2.55. The van der Waals surface area contributed by atoms with Gasteiger partial charge in [0.25, 0.3) is 0 Å². The number of amides is 1. The second kappa shape index (κ2) is 5.70. The van der Waals surface area contributed by atoms with Gasteiger partial charge >= 0.3 is 6.09 Å². The topological polar surface area (TPSA) is 32.8 Å². The first kappa shape index (κ1) is 14.6. The maximum Gasteiger partial charge on any atom is 0.410 e. The fourth-order valence-electron chi connectivity index (χ4n) is 2.64. The zero-order valence-electron chi connectivity index (χ0n) is 12.8. The largest absolute Gasteiger partial charge is 0.444 e. The smallest absolute Gasteiger partial charge is 0.410 e. The van der Waals surface area contributed by atoms with E-state index in [4.69, 9.17) is 4.74 Å². The first-order valence-corrected chi connectivity index (χ1v) is 7.61. The summed E-state index contributed by atoms with van der Waals surface area (Å²) in [6.45, 7) is 11.8. The van der Waals surface area contributed by atoms with Crippen molar-refractivity contribution >= 4 is 6.09 Å². The Bertz CT molecular complexity index is 321. The molecule has 1 unspecified atom stereocenters. The minimum atomic E-state index is -0.399. The van der Waals surface area contributed by atoms with Gasteiger partial charge in [-0.3, -0.25) is 4.90 Å². The number of carbonyl (C=O) groups is 1. The van der Waals surface area contributed by atoms with Crippen LogP contribution in [0.2, 0.25) is 0 Å². The minimum absolute atomic E-state index is 0.156. The third-order valence-electron chi connectivity index (χ3n) is 3.92. The molecule has 0 aromatic carbocycles. The summed E-state index contributed by atoms with van der Waals surface area (Å²) >= 11 is 0. The Hall–Kier alpha value is -0.770. The number of hydrogen-bond acceptors (Lipinski definition) is 3. The normalized spacial score (nSPS) is 25.5. The van der Waals surface area contributed by atoms with Crippen molar-refractivity contribution in [3.05, 3.63) is 0 Å². The molecule has 19 heavy (non-hydrogen) atoms. The monoisotopic (exact) mass is 268 g/mol. The van der Waals surface area contributed by atoms with E-state index in [0.717, 1.165) is 32.0 Å². The summed E-state index contributed by atoms with van der Waals surface area (Å²) in [6.07, 6.45) is 3.73. The molecule has 1 atom stereocenters. The molecule has 1 saturated carbocycles. The number of ether oxygens (including phenoxy) is 1. The Morgan fingerprint density at radius 1 is 1.26 bits per heavy atom. The minimum Gasteiger partial charge on any atom is -0.444 e. The molecule has 2 fully saturated rings. The van der Waals surface area contributed by atoms with Crippen LogP contribution in [0, 0.1) is 5.92 Å². The van der Waals surface area contributed by atoms with Crippen LogP contribution in [0.1, 0.15) is 47.0 Å². The van der Waals surface area contributed by atoms with Crippen LogP contribution in [0.5, 0.6) is 0 Å². The van der Waals surface area contributed by atoms with Gasteiger partial charge in [0, 0.05) is 32.2 Å². The number of rotatable bonds is 3. The number of nitrogens with zero attached hydrogens (tertiary/aromatic N) is 2. The van der Waals surface area contributed by atoms with E-state index in [0.29, 0.717) is 6.04 Å². The van der Waals surface area contributed by atoms with Crippen LogP contribution < -0.4 is 0 Å². The highest BCUT2D eigenvalue weighted by Crippen LogP contribution is 2.31. The standard InChI is InChI=1S/C15H28N2O2/c1-5-13-11-17(14(18)19-15(2,3)4)9-8-16(13)10-12-6-7-12/h12-13H,5-11H2,1-4H3. The summed E-state index contributed by atoms with van der Waals surface area (Å²) in [7, 11) is 0. The van der Waals surface area contributed by atoms with Gasteiger partial charge in [0.05, 0.1) is 0 Å². The summed E-state index contributed by atoms with van der Waals surface area (Å²) in [6, 6.07) is 0.502. The van der Waals surface area contributed by atoms with E-state index >= 15 is 0 Å². The quantitative estimate of drug-likeness (QED) is 0.789. The van der Waals surface area contributed by atoms with E-state index < -0.39 is 5.60 Å². The maximum atomic E-state index is 12.1. The first-order chi connectivity index (χ1) is 8.89. The lowest BCUT2D eigenvalue weighted by atomic mass is 10.1. The fraction of sp³-hybridized carbons (Fsp3) is 0.933. The molecule has 0 radical (unpaired) electrons. The number of piperazine rings is 1. The highest BCUT2D eigenvalue weighted by molar-refractivity contribution is 5.68. The summed E-state index contributed by atoms with van der Waals surface area (Å²) in [5, 5.41) is 0. The molecule has 110 valence electrons. The van der Waals surface area contributed by atoms with Gasteiger partial charge in [-0.1, -0.05) is 6.92 Å². The summed E-state index contributed by atoms with van der Waals surface area (Å²) in [4.78, 5) is 16.5. The van der Waals surface area contributed by atoms with E-state index in [-0.39, 0.29) is 6.09 Å². The Balaban J connectivity index is 1.86. The lowest BCUT2D eigenvalue weighted by Gasteiger charge is -2.41. The molecule has 1 heterocycles. The van der Waals surface area contributed by atoms with Crippen molar-refractivity contribution in [1.29, 1.82) is 0 Å². The van der Waals surface area contributed by atoms with Crippen LogP contribution in [0.3, 0.4) is 0 Å². The highest BCUT2D eigenvalue weighted by Gasteiger charge is 2.33. The second-order valence-electron chi connectivity index (χ2n) is 6.93. The second-order valence-corrected chi connectivity index (χ2v) is 6.93. The van der Waals surface area contributed by atoms with Gasteiger partial charge in [-0.2, -0.15) is 0 Å². The third kappa shape index (κ3) is 4.37. The van der Waals surface area contributed by atoms with Crippen LogP contribution in [0.15, 0.2) is 0 Å². The van der Waals surface area contributed by atoms with Crippen LogP contribution in [0.4, 0.5) is 4.79 Å². The molecule has 1 aliphatic heterocycles. The molecular formula is C15H28N2O2. The van der Waals surface area contributed by atoms with Crippen molar-refractivity contribution < 1.29 is 9.53 Å². The van der Waals surface area contributed by atoms with Gasteiger partial charge in [-0.15, -0.1) is 0 Å². The molecule has 0 spiro atoms. The molecule has 1 amide bonds. The van der Waals surface area contributed by atoms with E-state index in [1.165, 1.54) is 19.4 Å². The maximum absolute atomic E-state index is 12.1. The molecule has 2 rings (SSSR count). The average molecular weight is 268 g/mol. The van der Waals surface area contributed by atoms with Crippen LogP contribution in [-0.4, -0.2) is 53.7 Å². The van der Waals surface area contributed by atoms with E-state index in [1.807, 2.05) is 25.7 Å². The first-order valence-electron chi connectivity index (χ1n) is 7.61. The zero-order chi connectivity index (χ0) is 14.0. The molecule has 2 aliphatic rings. The summed E-state index contributed by atoms with van der Waals surface area (Å²) < 4.78 is 5.47. The Labute approximate surface area is 117 Å². The van der Waals surface area contributed by atoms with Crippen molar-refractivity contribution in [1.82, 2.24) is 9.80 Å². The van der Waals surface area contributed by atoms with Crippen LogP contribution in [-0.2, 0) is 4.74 Å². The van der Waals surface area contributed by atoms with Crippen LogP contribution >= 0.6 is 0 Å². The predicted molar refractivity (Wildman–Crippen MR) is 76.2 cm³/mol. The van der Waals surface area contributed by atoms with Crippen molar-refractivity contribution in [2.75, 3.05) is 26.2 Å². The number of hydrogen-bond donors (Lipinski definition) is 0. The van der Waals surface area contributed by atoms with Crippen molar-refractivity contribution in [2.24, 2.45) is 5.92 Å². The predicted octanol–water partition coefficient (Wildman–Crippen LogP) is 2.73.